The van der Waals surface area contributed by atoms with Crippen molar-refractivity contribution < 1.29 is 19.2 Å². The maximum Gasteiger partial charge on any atom is 0.251 e. The van der Waals surface area contributed by atoms with Gasteiger partial charge in [0.1, 0.15) is 12.1 Å². The first-order valence-electron chi connectivity index (χ1n) is 10.7. The lowest BCUT2D eigenvalue weighted by Gasteiger charge is -2.25. The zero-order valence-electron chi connectivity index (χ0n) is 18.6. The van der Waals surface area contributed by atoms with E-state index in [0.717, 1.165) is 0 Å². The molecule has 0 bridgehead atoms. The molecule has 1 aromatic carbocycles. The second-order valence-corrected chi connectivity index (χ2v) is 7.67. The molecular weight excluding hydrogens is 426 g/mol. The molecule has 0 saturated carbocycles. The molecule has 2 rings (SSSR count). The highest BCUT2D eigenvalue weighted by atomic mass is 16.2. The van der Waals surface area contributed by atoms with Crippen LogP contribution in [0.25, 0.3) is 0 Å². The third-order valence-electron chi connectivity index (χ3n) is 5.00. The number of hydrogen-bond donors (Lipinski definition) is 5. The van der Waals surface area contributed by atoms with Crippen molar-refractivity contribution in [1.29, 1.82) is 0 Å². The molecule has 0 saturated heterocycles. The lowest BCUT2D eigenvalue weighted by atomic mass is 10.1. The number of aromatic amines is 1. The number of benzene rings is 1. The molecule has 2 aromatic rings. The average molecular weight is 458 g/mol. The minimum atomic E-state index is -0.938. The number of amides is 4. The summed E-state index contributed by atoms with van der Waals surface area (Å²) in [4.78, 5) is 57.8. The predicted molar refractivity (Wildman–Crippen MR) is 122 cm³/mol. The van der Waals surface area contributed by atoms with Crippen molar-refractivity contribution in [2.45, 2.75) is 37.8 Å². The Morgan fingerprint density at radius 3 is 2.42 bits per heavy atom. The number of hydrogen-bond acceptors (Lipinski definition) is 6. The maximum atomic E-state index is 13.1. The van der Waals surface area contributed by atoms with Gasteiger partial charge in [-0.3, -0.25) is 19.2 Å². The van der Waals surface area contributed by atoms with Crippen LogP contribution in [0.15, 0.2) is 42.9 Å². The summed E-state index contributed by atoms with van der Waals surface area (Å²) in [6, 6.07) is 6.72. The summed E-state index contributed by atoms with van der Waals surface area (Å²) < 4.78 is 0. The lowest BCUT2D eigenvalue weighted by molar-refractivity contribution is -0.137. The van der Waals surface area contributed by atoms with Gasteiger partial charge in [0, 0.05) is 30.9 Å². The van der Waals surface area contributed by atoms with E-state index in [1.165, 1.54) is 18.3 Å². The minimum Gasteiger partial charge on any atom is -0.368 e. The lowest BCUT2D eigenvalue weighted by Crippen LogP contribution is -2.52. The first-order chi connectivity index (χ1) is 15.8. The molecule has 2 atom stereocenters. The van der Waals surface area contributed by atoms with E-state index in [1.807, 2.05) is 0 Å². The molecule has 0 aliphatic heterocycles. The van der Waals surface area contributed by atoms with Crippen LogP contribution in [0.3, 0.4) is 0 Å². The van der Waals surface area contributed by atoms with Crippen molar-refractivity contribution in [2.24, 2.45) is 11.5 Å². The Morgan fingerprint density at radius 2 is 1.82 bits per heavy atom. The second kappa shape index (κ2) is 13.0. The summed E-state index contributed by atoms with van der Waals surface area (Å²) in [6.07, 6.45) is 4.89. The van der Waals surface area contributed by atoms with Crippen molar-refractivity contribution in [3.8, 4) is 0 Å². The Labute approximate surface area is 192 Å². The monoisotopic (exact) mass is 457 g/mol. The van der Waals surface area contributed by atoms with Gasteiger partial charge >= 0.3 is 0 Å². The SMILES string of the molecule is CN(CC(=O)N[C@@H](CCCCN)C(N)=O)C(=O)[C@H](Cc1cnc[nH]1)NC(=O)c1ccccc1. The average Bonchev–Trinajstić information content (AvgIpc) is 3.31. The van der Waals surface area contributed by atoms with E-state index in [0.29, 0.717) is 37.1 Å². The molecule has 4 amide bonds. The standard InChI is InChI=1S/C22H31N7O4/c1-29(13-19(30)27-17(20(24)31)9-5-6-10-23)22(33)18(11-16-12-25-14-26-16)28-21(32)15-7-3-2-4-8-15/h2-4,7-8,12,14,17-18H,5-6,9-11,13,23H2,1H3,(H2,24,31)(H,25,26)(H,27,30)(H,28,32)/t17-,18-/m0/s1. The number of nitrogens with zero attached hydrogens (tertiary/aromatic N) is 2. The van der Waals surface area contributed by atoms with E-state index in [1.54, 1.807) is 36.5 Å². The van der Waals surface area contributed by atoms with Crippen LogP contribution in [0.5, 0.6) is 0 Å². The first kappa shape index (κ1) is 25.5. The van der Waals surface area contributed by atoms with Gasteiger partial charge in [0.25, 0.3) is 5.91 Å². The summed E-state index contributed by atoms with van der Waals surface area (Å²) in [5.41, 5.74) is 11.9. The molecule has 0 fully saturated rings. The van der Waals surface area contributed by atoms with E-state index in [9.17, 15) is 19.2 Å². The molecule has 0 radical (unpaired) electrons. The minimum absolute atomic E-state index is 0.159. The Hall–Kier alpha value is -3.73. The summed E-state index contributed by atoms with van der Waals surface area (Å²) in [7, 11) is 1.45. The maximum absolute atomic E-state index is 13.1. The second-order valence-electron chi connectivity index (χ2n) is 7.67. The van der Waals surface area contributed by atoms with E-state index >= 15 is 0 Å². The number of unbranched alkanes of at least 4 members (excludes halogenated alkanes) is 1. The fraction of sp³-hybridized carbons (Fsp3) is 0.409. The number of H-pyrrole nitrogens is 1. The summed E-state index contributed by atoms with van der Waals surface area (Å²) in [5.74, 6) is -2.07. The fourth-order valence-corrected chi connectivity index (χ4v) is 3.23. The highest BCUT2D eigenvalue weighted by Gasteiger charge is 2.27. The fourth-order valence-electron chi connectivity index (χ4n) is 3.23. The van der Waals surface area contributed by atoms with Crippen LogP contribution >= 0.6 is 0 Å². The number of rotatable bonds is 13. The smallest absolute Gasteiger partial charge is 0.251 e. The van der Waals surface area contributed by atoms with E-state index in [4.69, 9.17) is 11.5 Å². The van der Waals surface area contributed by atoms with Gasteiger partial charge < -0.3 is 32.0 Å². The first-order valence-corrected chi connectivity index (χ1v) is 10.7. The van der Waals surface area contributed by atoms with Crippen LogP contribution in [0, 0.1) is 0 Å². The summed E-state index contributed by atoms with van der Waals surface area (Å²) in [5, 5.41) is 5.28. The number of carbonyl (C=O) groups is 4. The van der Waals surface area contributed by atoms with Crippen molar-refractivity contribution in [2.75, 3.05) is 20.1 Å². The van der Waals surface area contributed by atoms with Crippen molar-refractivity contribution in [3.63, 3.8) is 0 Å². The number of nitrogens with one attached hydrogen (secondary N) is 3. The van der Waals surface area contributed by atoms with Crippen LogP contribution in [-0.2, 0) is 20.8 Å². The Balaban J connectivity index is 2.03. The van der Waals surface area contributed by atoms with E-state index in [2.05, 4.69) is 20.6 Å². The number of likely N-dealkylation sites (N-methyl/N-ethyl adjacent to an activating group) is 1. The number of carbonyl (C=O) groups excluding carboxylic acids is 4. The number of primary amides is 1. The van der Waals surface area contributed by atoms with Gasteiger partial charge in [-0.15, -0.1) is 0 Å². The zero-order chi connectivity index (χ0) is 24.2. The third kappa shape index (κ3) is 8.37. The normalized spacial score (nSPS) is 12.4. The molecule has 7 N–H and O–H groups in total. The largest absolute Gasteiger partial charge is 0.368 e. The highest BCUT2D eigenvalue weighted by Crippen LogP contribution is 2.06. The van der Waals surface area contributed by atoms with Gasteiger partial charge in [-0.1, -0.05) is 18.2 Å². The number of aromatic nitrogens is 2. The molecule has 33 heavy (non-hydrogen) atoms. The van der Waals surface area contributed by atoms with Gasteiger partial charge in [-0.2, -0.15) is 0 Å². The molecule has 11 heteroatoms. The number of imidazole rings is 1. The van der Waals surface area contributed by atoms with Gasteiger partial charge in [0.2, 0.25) is 17.7 Å². The van der Waals surface area contributed by atoms with Crippen LogP contribution in [0.4, 0.5) is 0 Å². The molecule has 0 unspecified atom stereocenters. The summed E-state index contributed by atoms with van der Waals surface area (Å²) >= 11 is 0. The van der Waals surface area contributed by atoms with Gasteiger partial charge in [-0.05, 0) is 37.9 Å². The molecular formula is C22H31N7O4. The molecule has 11 nitrogen and oxygen atoms in total. The van der Waals surface area contributed by atoms with Crippen LogP contribution in [0.2, 0.25) is 0 Å². The van der Waals surface area contributed by atoms with E-state index < -0.39 is 35.7 Å². The molecule has 178 valence electrons. The van der Waals surface area contributed by atoms with Gasteiger partial charge in [-0.25, -0.2) is 4.98 Å². The third-order valence-corrected chi connectivity index (χ3v) is 5.00. The van der Waals surface area contributed by atoms with Gasteiger partial charge in [0.15, 0.2) is 0 Å². The molecule has 1 heterocycles. The predicted octanol–water partition coefficient (Wildman–Crippen LogP) is -0.692. The molecule has 0 aliphatic rings. The van der Waals surface area contributed by atoms with E-state index in [-0.39, 0.29) is 13.0 Å². The Kier molecular flexibility index (Phi) is 10.0. The van der Waals surface area contributed by atoms with Crippen LogP contribution < -0.4 is 22.1 Å². The van der Waals surface area contributed by atoms with Crippen LogP contribution in [-0.4, -0.2) is 70.7 Å². The van der Waals surface area contributed by atoms with Crippen molar-refractivity contribution in [3.05, 3.63) is 54.1 Å². The summed E-state index contributed by atoms with van der Waals surface area (Å²) in [6.45, 7) is 0.170. The van der Waals surface area contributed by atoms with Crippen molar-refractivity contribution in [1.82, 2.24) is 25.5 Å². The van der Waals surface area contributed by atoms with Gasteiger partial charge in [0.05, 0.1) is 12.9 Å². The highest BCUT2D eigenvalue weighted by molar-refractivity contribution is 5.98. The Morgan fingerprint density at radius 1 is 1.09 bits per heavy atom. The molecule has 0 aliphatic carbocycles. The molecule has 1 aromatic heterocycles. The van der Waals surface area contributed by atoms with Crippen molar-refractivity contribution >= 4 is 23.6 Å². The zero-order valence-corrected chi connectivity index (χ0v) is 18.6. The quantitative estimate of drug-likeness (QED) is 0.249. The van der Waals surface area contributed by atoms with Crippen LogP contribution in [0.1, 0.15) is 35.3 Å². The number of nitrogens with two attached hydrogens (primary N) is 2. The Bertz CT molecular complexity index is 918. The topological polar surface area (TPSA) is 176 Å². The molecule has 0 spiro atoms.